The highest BCUT2D eigenvalue weighted by molar-refractivity contribution is 6.07. The number of nitrogens with zero attached hydrogens (tertiary/aromatic N) is 2. The van der Waals surface area contributed by atoms with Crippen LogP contribution >= 0.6 is 0 Å². The average Bonchev–Trinajstić information content (AvgIpc) is 2.69. The van der Waals surface area contributed by atoms with Gasteiger partial charge in [-0.3, -0.25) is 9.69 Å². The van der Waals surface area contributed by atoms with Crippen LogP contribution in [0.5, 0.6) is 5.75 Å². The Bertz CT molecular complexity index is 587. The van der Waals surface area contributed by atoms with Gasteiger partial charge < -0.3 is 15.0 Å². The largest absolute Gasteiger partial charge is 0.493 e. The highest BCUT2D eigenvalue weighted by atomic mass is 16.5. The third-order valence-corrected chi connectivity index (χ3v) is 4.03. The maximum absolute atomic E-state index is 12.8. The second kappa shape index (κ2) is 5.04. The van der Waals surface area contributed by atoms with Crippen molar-refractivity contribution in [2.75, 3.05) is 33.8 Å². The van der Waals surface area contributed by atoms with E-state index in [4.69, 9.17) is 4.74 Å². The highest BCUT2D eigenvalue weighted by Gasteiger charge is 2.54. The van der Waals surface area contributed by atoms with E-state index in [2.05, 4.69) is 5.32 Å². The van der Waals surface area contributed by atoms with E-state index in [-0.39, 0.29) is 11.9 Å². The van der Waals surface area contributed by atoms with Crippen LogP contribution < -0.4 is 10.1 Å². The molecule has 3 rings (SSSR count). The second-order valence-corrected chi connectivity index (χ2v) is 5.69. The van der Waals surface area contributed by atoms with Crippen molar-refractivity contribution in [2.24, 2.45) is 0 Å². The Labute approximate surface area is 123 Å². The van der Waals surface area contributed by atoms with Crippen LogP contribution in [0.2, 0.25) is 0 Å². The van der Waals surface area contributed by atoms with Crippen LogP contribution in [0.25, 0.3) is 0 Å². The molecule has 1 saturated heterocycles. The lowest BCUT2D eigenvalue weighted by Gasteiger charge is -2.33. The quantitative estimate of drug-likeness (QED) is 0.835. The molecule has 2 aliphatic rings. The van der Waals surface area contributed by atoms with Gasteiger partial charge in [0, 0.05) is 25.1 Å². The van der Waals surface area contributed by atoms with Crippen molar-refractivity contribution < 1.29 is 14.3 Å². The molecule has 2 heterocycles. The lowest BCUT2D eigenvalue weighted by molar-refractivity contribution is -0.132. The number of urea groups is 1. The van der Waals surface area contributed by atoms with E-state index in [9.17, 15) is 9.59 Å². The lowest BCUT2D eigenvalue weighted by atomic mass is 9.84. The summed E-state index contributed by atoms with van der Waals surface area (Å²) in [6.07, 6.45) is 0.465. The molecule has 6 heteroatoms. The number of amides is 3. The van der Waals surface area contributed by atoms with Crippen LogP contribution in [0.15, 0.2) is 24.3 Å². The maximum atomic E-state index is 12.8. The van der Waals surface area contributed by atoms with Crippen LogP contribution in [-0.4, -0.2) is 55.5 Å². The summed E-state index contributed by atoms with van der Waals surface area (Å²) < 4.78 is 5.60. The molecule has 6 nitrogen and oxygen atoms in total. The van der Waals surface area contributed by atoms with Gasteiger partial charge in [-0.1, -0.05) is 18.2 Å². The second-order valence-electron chi connectivity index (χ2n) is 5.69. The zero-order valence-corrected chi connectivity index (χ0v) is 12.3. The Morgan fingerprint density at radius 1 is 1.33 bits per heavy atom. The number of likely N-dealkylation sites (N-methyl/N-ethyl adjacent to an activating group) is 1. The zero-order chi connectivity index (χ0) is 15.0. The van der Waals surface area contributed by atoms with Crippen LogP contribution in [0, 0.1) is 0 Å². The van der Waals surface area contributed by atoms with Gasteiger partial charge in [-0.2, -0.15) is 0 Å². The van der Waals surface area contributed by atoms with Gasteiger partial charge in [0.15, 0.2) is 5.54 Å². The summed E-state index contributed by atoms with van der Waals surface area (Å²) >= 11 is 0. The molecular formula is C15H19N3O3. The fourth-order valence-corrected chi connectivity index (χ4v) is 2.88. The lowest BCUT2D eigenvalue weighted by Crippen LogP contribution is -2.47. The number of hydrogen-bond acceptors (Lipinski definition) is 4. The number of ether oxygens (including phenoxy) is 1. The number of hydrogen-bond donors (Lipinski definition) is 1. The van der Waals surface area contributed by atoms with Gasteiger partial charge >= 0.3 is 6.03 Å². The van der Waals surface area contributed by atoms with E-state index >= 15 is 0 Å². The molecule has 0 aromatic heterocycles. The van der Waals surface area contributed by atoms with Crippen LogP contribution in [-0.2, 0) is 10.3 Å². The Balaban J connectivity index is 1.94. The average molecular weight is 289 g/mol. The van der Waals surface area contributed by atoms with Gasteiger partial charge in [0.05, 0.1) is 6.61 Å². The molecule has 0 saturated carbocycles. The van der Waals surface area contributed by atoms with Crippen molar-refractivity contribution in [1.82, 2.24) is 15.1 Å². The van der Waals surface area contributed by atoms with Crippen molar-refractivity contribution in [2.45, 2.75) is 12.0 Å². The minimum Gasteiger partial charge on any atom is -0.493 e. The van der Waals surface area contributed by atoms with Gasteiger partial charge in [-0.25, -0.2) is 4.79 Å². The summed E-state index contributed by atoms with van der Waals surface area (Å²) in [7, 11) is 3.83. The summed E-state index contributed by atoms with van der Waals surface area (Å²) in [6.45, 7) is 1.46. The minimum atomic E-state index is -0.960. The molecule has 1 fully saturated rings. The number of benzene rings is 1. The summed E-state index contributed by atoms with van der Waals surface area (Å²) in [5.74, 6) is 0.497. The molecular weight excluding hydrogens is 270 g/mol. The molecule has 1 spiro atoms. The number of para-hydroxylation sites is 1. The smallest absolute Gasteiger partial charge is 0.325 e. The SMILES string of the molecule is CN(C)CCN1C(=O)NC2(CCOc3ccccc32)C1=O. The third-order valence-electron chi connectivity index (χ3n) is 4.03. The standard InChI is InChI=1S/C15H19N3O3/c1-17(2)8-9-18-13(19)15(16-14(18)20)7-10-21-12-6-4-3-5-11(12)15/h3-6H,7-10H2,1-2H3,(H,16,20). The van der Waals surface area contributed by atoms with E-state index in [0.29, 0.717) is 31.9 Å². The summed E-state index contributed by atoms with van der Waals surface area (Å²) in [4.78, 5) is 28.3. The van der Waals surface area contributed by atoms with E-state index in [0.717, 1.165) is 5.56 Å². The summed E-state index contributed by atoms with van der Waals surface area (Å²) in [5, 5.41) is 2.89. The Hall–Kier alpha value is -2.08. The molecule has 0 aliphatic carbocycles. The Morgan fingerprint density at radius 3 is 2.86 bits per heavy atom. The predicted octanol–water partition coefficient (Wildman–Crippen LogP) is 0.778. The van der Waals surface area contributed by atoms with Gasteiger partial charge in [0.1, 0.15) is 5.75 Å². The van der Waals surface area contributed by atoms with Crippen molar-refractivity contribution in [3.05, 3.63) is 29.8 Å². The molecule has 3 amide bonds. The number of carbonyl (C=O) groups excluding carboxylic acids is 2. The number of nitrogens with one attached hydrogen (secondary N) is 1. The van der Waals surface area contributed by atoms with Crippen LogP contribution in [0.1, 0.15) is 12.0 Å². The number of carbonyl (C=O) groups is 2. The molecule has 1 aromatic carbocycles. The Kier molecular flexibility index (Phi) is 3.33. The number of fused-ring (bicyclic) bond motifs is 2. The van der Waals surface area contributed by atoms with Crippen LogP contribution in [0.4, 0.5) is 4.79 Å². The highest BCUT2D eigenvalue weighted by Crippen LogP contribution is 2.40. The first-order valence-electron chi connectivity index (χ1n) is 7.06. The molecule has 0 bridgehead atoms. The molecule has 1 unspecified atom stereocenters. The molecule has 21 heavy (non-hydrogen) atoms. The van der Waals surface area contributed by atoms with Crippen molar-refractivity contribution >= 4 is 11.9 Å². The first-order chi connectivity index (χ1) is 10.0. The first-order valence-corrected chi connectivity index (χ1v) is 7.06. The van der Waals surface area contributed by atoms with Crippen molar-refractivity contribution in [3.63, 3.8) is 0 Å². The van der Waals surface area contributed by atoms with E-state index in [1.807, 2.05) is 43.3 Å². The normalized spacial score (nSPS) is 24.2. The molecule has 1 aromatic rings. The molecule has 2 aliphatic heterocycles. The molecule has 1 atom stereocenters. The van der Waals surface area contributed by atoms with Crippen molar-refractivity contribution in [1.29, 1.82) is 0 Å². The zero-order valence-electron chi connectivity index (χ0n) is 12.3. The molecule has 1 N–H and O–H groups in total. The Morgan fingerprint density at radius 2 is 2.10 bits per heavy atom. The topological polar surface area (TPSA) is 61.9 Å². The maximum Gasteiger partial charge on any atom is 0.325 e. The fourth-order valence-electron chi connectivity index (χ4n) is 2.88. The monoisotopic (exact) mass is 289 g/mol. The predicted molar refractivity (Wildman–Crippen MR) is 77.0 cm³/mol. The first kappa shape index (κ1) is 13.9. The minimum absolute atomic E-state index is 0.176. The molecule has 0 radical (unpaired) electrons. The summed E-state index contributed by atoms with van der Waals surface area (Å²) in [6, 6.07) is 7.08. The van der Waals surface area contributed by atoms with Gasteiger partial charge in [-0.05, 0) is 20.2 Å². The third kappa shape index (κ3) is 2.15. The van der Waals surface area contributed by atoms with E-state index in [1.54, 1.807) is 0 Å². The van der Waals surface area contributed by atoms with E-state index < -0.39 is 5.54 Å². The van der Waals surface area contributed by atoms with Gasteiger partial charge in [0.2, 0.25) is 0 Å². The van der Waals surface area contributed by atoms with Gasteiger partial charge in [0.25, 0.3) is 5.91 Å². The van der Waals surface area contributed by atoms with Crippen LogP contribution in [0.3, 0.4) is 0 Å². The summed E-state index contributed by atoms with van der Waals surface area (Å²) in [5.41, 5.74) is -0.208. The van der Waals surface area contributed by atoms with E-state index in [1.165, 1.54) is 4.90 Å². The fraction of sp³-hybridized carbons (Fsp3) is 0.467. The number of imide groups is 1. The molecule has 112 valence electrons. The van der Waals surface area contributed by atoms with Crippen molar-refractivity contribution in [3.8, 4) is 5.75 Å². The number of rotatable bonds is 3. The van der Waals surface area contributed by atoms with Gasteiger partial charge in [-0.15, -0.1) is 0 Å².